The van der Waals surface area contributed by atoms with Crippen LogP contribution in [0, 0.1) is 111 Å². The summed E-state index contributed by atoms with van der Waals surface area (Å²) in [4.78, 5) is 0. The van der Waals surface area contributed by atoms with E-state index >= 15 is 52.7 Å². The zero-order valence-corrected chi connectivity index (χ0v) is 27.0. The number of halogens is 21. The molecule has 0 fully saturated rings. The van der Waals surface area contributed by atoms with Crippen LogP contribution < -0.4 is 14.8 Å². The highest BCUT2D eigenvalue weighted by molar-refractivity contribution is 6.63. The number of hydrogen-bond acceptors (Lipinski definition) is 2. The smallest absolute Gasteiger partial charge is 0.519 e. The number of alkyl halides is 2. The van der Waals surface area contributed by atoms with Gasteiger partial charge in [0.05, 0.1) is 38.1 Å². The molecule has 0 radical (unpaired) electrons. The fraction of sp³-hybridized carbons (Fsp3) is 0.0286. The van der Waals surface area contributed by atoms with Gasteiger partial charge in [0, 0.05) is 21.9 Å². The van der Waals surface area contributed by atoms with Crippen LogP contribution in [0.3, 0.4) is 0 Å². The van der Waals surface area contributed by atoms with Crippen LogP contribution in [0.4, 0.5) is 92.2 Å². The molecule has 7 aromatic carbocycles. The van der Waals surface area contributed by atoms with Gasteiger partial charge in [0.2, 0.25) is 5.82 Å². The lowest BCUT2D eigenvalue weighted by Crippen LogP contribution is -2.46. The van der Waals surface area contributed by atoms with E-state index in [2.05, 4.69) is 0 Å². The van der Waals surface area contributed by atoms with Crippen LogP contribution in [0.1, 0.15) is 11.1 Å². The van der Waals surface area contributed by atoms with Gasteiger partial charge in [-0.15, -0.1) is 0 Å². The van der Waals surface area contributed by atoms with Gasteiger partial charge in [-0.3, -0.25) is 0 Å². The molecule has 59 heavy (non-hydrogen) atoms. The summed E-state index contributed by atoms with van der Waals surface area (Å²) in [5.74, 6) is -63.8. The maximum Gasteiger partial charge on any atom is 0.635 e. The highest BCUT2D eigenvalue weighted by Gasteiger charge is 2.56. The number of benzene rings is 7. The Morgan fingerprint density at radius 2 is 0.695 bits per heavy atom. The fourth-order valence-electron chi connectivity index (χ4n) is 6.86. The van der Waals surface area contributed by atoms with E-state index in [0.717, 1.165) is 0 Å². The topological polar surface area (TPSA) is 18.5 Å². The summed E-state index contributed by atoms with van der Waals surface area (Å²) in [6.07, 6.45) is 0. The van der Waals surface area contributed by atoms with Crippen molar-refractivity contribution in [2.75, 3.05) is 0 Å². The third-order valence-corrected chi connectivity index (χ3v) is 9.37. The molecule has 1 aliphatic carbocycles. The van der Waals surface area contributed by atoms with Gasteiger partial charge in [-0.05, 0) is 6.07 Å². The Balaban J connectivity index is 1.47. The zero-order valence-electron chi connectivity index (χ0n) is 27.0. The molecule has 0 atom stereocenters. The van der Waals surface area contributed by atoms with Gasteiger partial charge < -0.3 is 9.31 Å². The Kier molecular flexibility index (Phi) is 8.48. The predicted octanol–water partition coefficient (Wildman–Crippen LogP) is 11.2. The van der Waals surface area contributed by atoms with Crippen molar-refractivity contribution < 1.29 is 102 Å². The lowest BCUT2D eigenvalue weighted by atomic mass is 9.77. The van der Waals surface area contributed by atoms with Crippen molar-refractivity contribution in [3.8, 4) is 22.6 Å². The Bertz CT molecular complexity index is 3070. The predicted molar refractivity (Wildman–Crippen MR) is 157 cm³/mol. The minimum Gasteiger partial charge on any atom is -0.519 e. The second-order valence-electron chi connectivity index (χ2n) is 12.3. The first-order valence-corrected chi connectivity index (χ1v) is 15.3. The van der Waals surface area contributed by atoms with Crippen LogP contribution in [0.2, 0.25) is 0 Å². The third-order valence-electron chi connectivity index (χ3n) is 9.37. The molecule has 0 heterocycles. The fourth-order valence-corrected chi connectivity index (χ4v) is 6.86. The van der Waals surface area contributed by atoms with Gasteiger partial charge in [0.15, 0.2) is 116 Å². The van der Waals surface area contributed by atoms with Gasteiger partial charge in [-0.1, -0.05) is 6.07 Å². The molecular weight excluding hydrogens is 862 g/mol. The monoisotopic (exact) mass is 864 g/mol. The summed E-state index contributed by atoms with van der Waals surface area (Å²) < 4.78 is 327. The first-order chi connectivity index (χ1) is 27.5. The quantitative estimate of drug-likeness (QED) is 0.0564. The molecule has 0 N–H and O–H groups in total. The molecule has 7 aromatic rings. The SMILES string of the molecule is Fc1ccc(B(Oc2c(F)c(F)c(F)c3c2C(F)(F)c2c(F)c(F)c(F)c(F)c2-3)Oc2c(F)c(F)c3c(F)c(F)c4c(F)c(F)c(F)c5c(F)c(F)c2c3c45)c(F)c1F. The van der Waals surface area contributed by atoms with E-state index in [-0.39, 0.29) is 12.1 Å². The van der Waals surface area contributed by atoms with Crippen molar-refractivity contribution in [1.29, 1.82) is 0 Å². The normalized spacial score (nSPS) is 13.3. The molecule has 0 amide bonds. The molecule has 2 nitrogen and oxygen atoms in total. The molecule has 0 aliphatic heterocycles. The molecule has 1 aliphatic rings. The van der Waals surface area contributed by atoms with Gasteiger partial charge in [0.25, 0.3) is 0 Å². The maximum absolute atomic E-state index is 15.9. The van der Waals surface area contributed by atoms with Crippen LogP contribution in [-0.4, -0.2) is 7.12 Å². The Morgan fingerprint density at radius 1 is 0.322 bits per heavy atom. The highest BCUT2D eigenvalue weighted by Crippen LogP contribution is 2.59. The van der Waals surface area contributed by atoms with Crippen LogP contribution in [0.15, 0.2) is 12.1 Å². The average Bonchev–Trinajstić information content (AvgIpc) is 3.44. The summed E-state index contributed by atoms with van der Waals surface area (Å²) in [6.45, 7) is 0. The first-order valence-electron chi connectivity index (χ1n) is 15.3. The van der Waals surface area contributed by atoms with E-state index in [1.807, 2.05) is 0 Å². The summed E-state index contributed by atoms with van der Waals surface area (Å²) in [7, 11) is -3.75. The van der Waals surface area contributed by atoms with E-state index in [1.54, 1.807) is 0 Å². The minimum absolute atomic E-state index is 0.0723. The second-order valence-corrected chi connectivity index (χ2v) is 12.3. The van der Waals surface area contributed by atoms with Crippen molar-refractivity contribution in [3.63, 3.8) is 0 Å². The summed E-state index contributed by atoms with van der Waals surface area (Å²) >= 11 is 0. The molecule has 0 aromatic heterocycles. The molecule has 24 heteroatoms. The summed E-state index contributed by atoms with van der Waals surface area (Å²) in [6, 6.07) is -0.184. The largest absolute Gasteiger partial charge is 0.635 e. The van der Waals surface area contributed by atoms with E-state index in [9.17, 15) is 39.5 Å². The van der Waals surface area contributed by atoms with Crippen LogP contribution in [0.25, 0.3) is 43.4 Å². The van der Waals surface area contributed by atoms with Crippen LogP contribution >= 0.6 is 0 Å². The van der Waals surface area contributed by atoms with Gasteiger partial charge >= 0.3 is 13.0 Å². The molecule has 0 saturated carbocycles. The Hall–Kier alpha value is -6.23. The lowest BCUT2D eigenvalue weighted by Gasteiger charge is -2.24. The molecule has 304 valence electrons. The maximum atomic E-state index is 15.9. The number of hydrogen-bond donors (Lipinski definition) is 0. The average molecular weight is 864 g/mol. The van der Waals surface area contributed by atoms with Crippen LogP contribution in [0.5, 0.6) is 11.5 Å². The molecule has 0 bridgehead atoms. The van der Waals surface area contributed by atoms with Crippen molar-refractivity contribution >= 4 is 44.9 Å². The standard InChI is InChI=1S/C35H2BF21O2/c37-4-2-1-3(15(38)16(4)39)36(59-34-14-8(18(41)29(52)32(34)55)7-13(35(14,56)57)26(49)30(53)28(51)17(7)40)58-33-12-6-5-9(19(42)20(43)11(6)24(47)31(33)54)22(45)27(50)23(46)10(5)21(44)25(12)48/h1-2H. The Labute approximate surface area is 309 Å². The van der Waals surface area contributed by atoms with Crippen LogP contribution in [-0.2, 0) is 5.92 Å². The highest BCUT2D eigenvalue weighted by atomic mass is 19.3. The number of fused-ring (bicyclic) bond motifs is 3. The van der Waals surface area contributed by atoms with Crippen molar-refractivity contribution in [2.24, 2.45) is 0 Å². The van der Waals surface area contributed by atoms with E-state index in [0.29, 0.717) is 0 Å². The van der Waals surface area contributed by atoms with Gasteiger partial charge in [-0.2, -0.15) is 17.6 Å². The molecule has 0 saturated heterocycles. The second kappa shape index (κ2) is 12.6. The van der Waals surface area contributed by atoms with E-state index in [1.165, 1.54) is 0 Å². The minimum atomic E-state index is -5.60. The lowest BCUT2D eigenvalue weighted by molar-refractivity contribution is 0.0404. The van der Waals surface area contributed by atoms with Gasteiger partial charge in [-0.25, -0.2) is 74.6 Å². The summed E-state index contributed by atoms with van der Waals surface area (Å²) in [5.41, 5.74) is -11.9. The van der Waals surface area contributed by atoms with Gasteiger partial charge in [0.1, 0.15) is 0 Å². The molecule has 0 unspecified atom stereocenters. The first kappa shape index (κ1) is 39.6. The Morgan fingerprint density at radius 3 is 1.24 bits per heavy atom. The molecule has 0 spiro atoms. The number of rotatable bonds is 5. The molecular formula is C35H2BF21O2. The molecule has 8 rings (SSSR count). The van der Waals surface area contributed by atoms with Crippen molar-refractivity contribution in [3.05, 3.63) is 134 Å². The van der Waals surface area contributed by atoms with E-state index < -0.39 is 195 Å². The van der Waals surface area contributed by atoms with Crippen molar-refractivity contribution in [1.82, 2.24) is 0 Å². The third kappa shape index (κ3) is 4.84. The summed E-state index contributed by atoms with van der Waals surface area (Å²) in [5, 5.41) is -12.2. The van der Waals surface area contributed by atoms with E-state index in [4.69, 9.17) is 9.31 Å². The van der Waals surface area contributed by atoms with Crippen molar-refractivity contribution in [2.45, 2.75) is 5.92 Å². The zero-order chi connectivity index (χ0) is 43.4.